The summed E-state index contributed by atoms with van der Waals surface area (Å²) in [6.45, 7) is 7.19. The third-order valence-electron chi connectivity index (χ3n) is 2.95. The highest BCUT2D eigenvalue weighted by Gasteiger charge is 2.23. The zero-order chi connectivity index (χ0) is 11.7. The molecule has 0 spiro atoms. The molecule has 0 aromatic carbocycles. The molecule has 2 rings (SSSR count). The molecule has 0 aliphatic carbocycles. The summed E-state index contributed by atoms with van der Waals surface area (Å²) in [5, 5.41) is 4.53. The molecule has 1 saturated heterocycles. The van der Waals surface area contributed by atoms with Gasteiger partial charge in [0, 0.05) is 25.5 Å². The maximum Gasteiger partial charge on any atom is 0.177 e. The predicted molar refractivity (Wildman–Crippen MR) is 60.8 cm³/mol. The van der Waals surface area contributed by atoms with Gasteiger partial charge in [-0.15, -0.1) is 0 Å². The lowest BCUT2D eigenvalue weighted by Crippen LogP contribution is -2.10. The molecular formula is C12H18N2O2. The van der Waals surface area contributed by atoms with E-state index < -0.39 is 0 Å². The van der Waals surface area contributed by atoms with Crippen LogP contribution in [0.25, 0.3) is 0 Å². The van der Waals surface area contributed by atoms with Crippen molar-refractivity contribution in [2.75, 3.05) is 13.2 Å². The molecule has 16 heavy (non-hydrogen) atoms. The smallest absolute Gasteiger partial charge is 0.177 e. The van der Waals surface area contributed by atoms with Crippen LogP contribution in [-0.2, 0) is 4.74 Å². The van der Waals surface area contributed by atoms with Crippen molar-refractivity contribution in [3.63, 3.8) is 0 Å². The van der Waals surface area contributed by atoms with Gasteiger partial charge < -0.3 is 4.74 Å². The van der Waals surface area contributed by atoms with Crippen molar-refractivity contribution >= 4 is 5.78 Å². The lowest BCUT2D eigenvalue weighted by molar-refractivity contribution is 0.100. The zero-order valence-corrected chi connectivity index (χ0v) is 10.1. The number of nitrogens with zero attached hydrogens (tertiary/aromatic N) is 2. The van der Waals surface area contributed by atoms with Crippen molar-refractivity contribution < 1.29 is 9.53 Å². The van der Waals surface area contributed by atoms with Gasteiger partial charge in [0.05, 0.1) is 12.3 Å². The Labute approximate surface area is 95.6 Å². The van der Waals surface area contributed by atoms with Crippen molar-refractivity contribution in [1.82, 2.24) is 9.78 Å². The largest absolute Gasteiger partial charge is 0.381 e. The number of hydrogen-bond acceptors (Lipinski definition) is 3. The number of aromatic nitrogens is 2. The fourth-order valence-corrected chi connectivity index (χ4v) is 2.04. The standard InChI is InChI=1S/C12H18N2O2/c1-8(2)14-12(9(3)15)6-11(13-14)10-4-5-16-7-10/h6,8,10H,4-5,7H2,1-3H3. The Bertz CT molecular complexity index is 390. The average Bonchev–Trinajstić information content (AvgIpc) is 2.86. The predicted octanol–water partition coefficient (Wildman–Crippen LogP) is 2.17. The Kier molecular flexibility index (Phi) is 3.10. The minimum atomic E-state index is 0.0753. The maximum atomic E-state index is 11.5. The topological polar surface area (TPSA) is 44.1 Å². The van der Waals surface area contributed by atoms with Crippen LogP contribution in [0.2, 0.25) is 0 Å². The summed E-state index contributed by atoms with van der Waals surface area (Å²) in [5.74, 6) is 0.435. The van der Waals surface area contributed by atoms with Crippen LogP contribution in [0.15, 0.2) is 6.07 Å². The van der Waals surface area contributed by atoms with Crippen molar-refractivity contribution in [2.45, 2.75) is 39.2 Å². The van der Waals surface area contributed by atoms with Gasteiger partial charge >= 0.3 is 0 Å². The van der Waals surface area contributed by atoms with Crippen LogP contribution >= 0.6 is 0 Å². The minimum absolute atomic E-state index is 0.0753. The molecular weight excluding hydrogens is 204 g/mol. The van der Waals surface area contributed by atoms with Gasteiger partial charge in [-0.1, -0.05) is 0 Å². The Morgan fingerprint density at radius 3 is 2.81 bits per heavy atom. The van der Waals surface area contributed by atoms with E-state index in [1.54, 1.807) is 6.92 Å². The summed E-state index contributed by atoms with van der Waals surface area (Å²) in [6.07, 6.45) is 1.01. The second-order valence-corrected chi connectivity index (χ2v) is 4.61. The quantitative estimate of drug-likeness (QED) is 0.736. The first-order valence-corrected chi connectivity index (χ1v) is 5.77. The molecule has 2 heterocycles. The normalized spacial score (nSPS) is 20.6. The molecule has 0 bridgehead atoms. The fraction of sp³-hybridized carbons (Fsp3) is 0.667. The number of carbonyl (C=O) groups excluding carboxylic acids is 1. The first-order chi connectivity index (χ1) is 7.59. The Balaban J connectivity index is 2.34. The first kappa shape index (κ1) is 11.3. The summed E-state index contributed by atoms with van der Waals surface area (Å²) in [5.41, 5.74) is 1.70. The molecule has 0 radical (unpaired) electrons. The summed E-state index contributed by atoms with van der Waals surface area (Å²) >= 11 is 0. The van der Waals surface area contributed by atoms with E-state index in [1.807, 2.05) is 24.6 Å². The third-order valence-corrected chi connectivity index (χ3v) is 2.95. The number of ether oxygens (including phenoxy) is 1. The van der Waals surface area contributed by atoms with Crippen molar-refractivity contribution in [2.24, 2.45) is 0 Å². The van der Waals surface area contributed by atoms with Crippen LogP contribution in [0, 0.1) is 0 Å². The molecule has 88 valence electrons. The fourth-order valence-electron chi connectivity index (χ4n) is 2.04. The van der Waals surface area contributed by atoms with E-state index in [-0.39, 0.29) is 11.8 Å². The number of carbonyl (C=O) groups is 1. The number of rotatable bonds is 3. The van der Waals surface area contributed by atoms with Gasteiger partial charge in [-0.05, 0) is 26.3 Å². The molecule has 1 aliphatic rings. The molecule has 1 aromatic rings. The van der Waals surface area contributed by atoms with E-state index in [2.05, 4.69) is 5.10 Å². The first-order valence-electron chi connectivity index (χ1n) is 5.77. The monoisotopic (exact) mass is 222 g/mol. The molecule has 1 fully saturated rings. The summed E-state index contributed by atoms with van der Waals surface area (Å²) in [4.78, 5) is 11.5. The molecule has 1 atom stereocenters. The van der Waals surface area contributed by atoms with E-state index in [1.165, 1.54) is 0 Å². The van der Waals surface area contributed by atoms with Gasteiger partial charge in [0.1, 0.15) is 5.69 Å². The SMILES string of the molecule is CC(=O)c1cc(C2CCOC2)nn1C(C)C. The summed E-state index contributed by atoms with van der Waals surface area (Å²) in [7, 11) is 0. The maximum absolute atomic E-state index is 11.5. The highest BCUT2D eigenvalue weighted by molar-refractivity contribution is 5.92. The van der Waals surface area contributed by atoms with Gasteiger partial charge in [0.25, 0.3) is 0 Å². The molecule has 4 heteroatoms. The van der Waals surface area contributed by atoms with Crippen LogP contribution in [0.5, 0.6) is 0 Å². The van der Waals surface area contributed by atoms with Crippen LogP contribution < -0.4 is 0 Å². The summed E-state index contributed by atoms with van der Waals surface area (Å²) in [6, 6.07) is 2.14. The van der Waals surface area contributed by atoms with Crippen LogP contribution in [-0.4, -0.2) is 28.8 Å². The Hall–Kier alpha value is -1.16. The zero-order valence-electron chi connectivity index (χ0n) is 10.1. The molecule has 1 aromatic heterocycles. The second kappa shape index (κ2) is 4.37. The van der Waals surface area contributed by atoms with Crippen molar-refractivity contribution in [1.29, 1.82) is 0 Å². The molecule has 0 amide bonds. The van der Waals surface area contributed by atoms with Gasteiger partial charge in [0.15, 0.2) is 5.78 Å². The highest BCUT2D eigenvalue weighted by atomic mass is 16.5. The summed E-state index contributed by atoms with van der Waals surface area (Å²) < 4.78 is 7.16. The lowest BCUT2D eigenvalue weighted by atomic mass is 10.0. The van der Waals surface area contributed by atoms with E-state index in [9.17, 15) is 4.79 Å². The van der Waals surface area contributed by atoms with E-state index in [0.717, 1.165) is 25.3 Å². The number of hydrogen-bond donors (Lipinski definition) is 0. The van der Waals surface area contributed by atoms with Gasteiger partial charge in [-0.25, -0.2) is 0 Å². The third kappa shape index (κ3) is 2.02. The van der Waals surface area contributed by atoms with Gasteiger partial charge in [-0.2, -0.15) is 5.10 Å². The molecule has 1 aliphatic heterocycles. The second-order valence-electron chi connectivity index (χ2n) is 4.61. The number of ketones is 1. The Morgan fingerprint density at radius 1 is 1.62 bits per heavy atom. The highest BCUT2D eigenvalue weighted by Crippen LogP contribution is 2.25. The van der Waals surface area contributed by atoms with Crippen LogP contribution in [0.1, 0.15) is 55.3 Å². The van der Waals surface area contributed by atoms with Crippen LogP contribution in [0.3, 0.4) is 0 Å². The number of Topliss-reactive ketones (excluding diaryl/α,β-unsaturated/α-hetero) is 1. The molecule has 4 nitrogen and oxygen atoms in total. The average molecular weight is 222 g/mol. The molecule has 0 N–H and O–H groups in total. The van der Waals surface area contributed by atoms with Crippen molar-refractivity contribution in [3.8, 4) is 0 Å². The van der Waals surface area contributed by atoms with Crippen LogP contribution in [0.4, 0.5) is 0 Å². The van der Waals surface area contributed by atoms with E-state index in [0.29, 0.717) is 11.6 Å². The van der Waals surface area contributed by atoms with Crippen molar-refractivity contribution in [3.05, 3.63) is 17.5 Å². The van der Waals surface area contributed by atoms with Gasteiger partial charge in [0.2, 0.25) is 0 Å². The van der Waals surface area contributed by atoms with Gasteiger partial charge in [-0.3, -0.25) is 9.48 Å². The molecule has 0 saturated carbocycles. The van der Waals surface area contributed by atoms with E-state index in [4.69, 9.17) is 4.74 Å². The lowest BCUT2D eigenvalue weighted by Gasteiger charge is -2.08. The molecule has 1 unspecified atom stereocenters. The van der Waals surface area contributed by atoms with E-state index >= 15 is 0 Å². The Morgan fingerprint density at radius 2 is 2.38 bits per heavy atom. The minimum Gasteiger partial charge on any atom is -0.381 e.